The van der Waals surface area contributed by atoms with Crippen LogP contribution >= 0.6 is 0 Å². The van der Waals surface area contributed by atoms with E-state index in [4.69, 9.17) is 0 Å². The molecule has 1 atom stereocenters. The zero-order chi connectivity index (χ0) is 17.3. The molecule has 3 rings (SSSR count). The van der Waals surface area contributed by atoms with Crippen LogP contribution in [0.4, 0.5) is 5.69 Å². The molecule has 0 bridgehead atoms. The van der Waals surface area contributed by atoms with Crippen molar-refractivity contribution in [2.75, 3.05) is 19.0 Å². The molecular formula is C18H21N3O2S. The number of benzene rings is 2. The van der Waals surface area contributed by atoms with Crippen LogP contribution in [-0.2, 0) is 10.0 Å². The highest BCUT2D eigenvalue weighted by Crippen LogP contribution is 2.36. The van der Waals surface area contributed by atoms with Crippen LogP contribution in [0.5, 0.6) is 0 Å². The lowest BCUT2D eigenvalue weighted by atomic mass is 10.0. The summed E-state index contributed by atoms with van der Waals surface area (Å²) in [4.78, 5) is 2.27. The van der Waals surface area contributed by atoms with Gasteiger partial charge in [-0.25, -0.2) is 0 Å². The molecule has 6 heteroatoms. The topological polar surface area (TPSA) is 53.0 Å². The average Bonchev–Trinajstić information content (AvgIpc) is 2.98. The predicted octanol–water partition coefficient (Wildman–Crippen LogP) is 3.26. The Morgan fingerprint density at radius 3 is 2.25 bits per heavy atom. The van der Waals surface area contributed by atoms with Crippen molar-refractivity contribution < 1.29 is 8.42 Å². The summed E-state index contributed by atoms with van der Waals surface area (Å²) < 4.78 is 27.2. The van der Waals surface area contributed by atoms with Crippen molar-refractivity contribution in [3.8, 4) is 0 Å². The van der Waals surface area contributed by atoms with Gasteiger partial charge < -0.3 is 4.90 Å². The van der Waals surface area contributed by atoms with Gasteiger partial charge in [0, 0.05) is 31.9 Å². The van der Waals surface area contributed by atoms with E-state index in [1.54, 1.807) is 30.3 Å². The molecule has 0 N–H and O–H groups in total. The van der Waals surface area contributed by atoms with Crippen molar-refractivity contribution in [2.24, 2.45) is 5.10 Å². The molecule has 0 radical (unpaired) electrons. The first-order valence-corrected chi connectivity index (χ1v) is 9.24. The smallest absolute Gasteiger partial charge is 0.279 e. The summed E-state index contributed by atoms with van der Waals surface area (Å²) >= 11 is 0. The molecule has 0 saturated heterocycles. The number of hydrogen-bond acceptors (Lipinski definition) is 4. The molecule has 0 fully saturated rings. The highest BCUT2D eigenvalue weighted by molar-refractivity contribution is 7.89. The summed E-state index contributed by atoms with van der Waals surface area (Å²) in [5, 5.41) is 4.30. The highest BCUT2D eigenvalue weighted by Gasteiger charge is 2.35. The van der Waals surface area contributed by atoms with Gasteiger partial charge in [0.05, 0.1) is 10.9 Å². The molecule has 0 saturated carbocycles. The van der Waals surface area contributed by atoms with Crippen molar-refractivity contribution in [1.82, 2.24) is 4.41 Å². The molecule has 5 nitrogen and oxygen atoms in total. The fourth-order valence-corrected chi connectivity index (χ4v) is 4.29. The van der Waals surface area contributed by atoms with Crippen LogP contribution in [-0.4, -0.2) is 32.6 Å². The Balaban J connectivity index is 1.97. The second-order valence-corrected chi connectivity index (χ2v) is 7.93. The van der Waals surface area contributed by atoms with Gasteiger partial charge in [-0.2, -0.15) is 17.9 Å². The zero-order valence-electron chi connectivity index (χ0n) is 14.0. The third-order valence-electron chi connectivity index (χ3n) is 4.11. The van der Waals surface area contributed by atoms with E-state index in [0.717, 1.165) is 17.0 Å². The first kappa shape index (κ1) is 16.5. The van der Waals surface area contributed by atoms with Gasteiger partial charge >= 0.3 is 0 Å². The molecule has 126 valence electrons. The van der Waals surface area contributed by atoms with Crippen molar-refractivity contribution >= 4 is 21.4 Å². The molecule has 1 heterocycles. The maximum absolute atomic E-state index is 12.9. The first-order chi connectivity index (χ1) is 11.4. The molecule has 2 aromatic carbocycles. The number of nitrogens with zero attached hydrogens (tertiary/aromatic N) is 3. The number of rotatable bonds is 4. The highest BCUT2D eigenvalue weighted by atomic mass is 32.2. The molecule has 0 amide bonds. The SMILES string of the molecule is CC1=NN(S(=O)(=O)c2ccccc2)C(c2ccc(N(C)C)cc2)C1. The van der Waals surface area contributed by atoms with E-state index in [0.29, 0.717) is 6.42 Å². The maximum Gasteiger partial charge on any atom is 0.279 e. The Bertz CT molecular complexity index is 844. The van der Waals surface area contributed by atoms with E-state index < -0.39 is 10.0 Å². The molecule has 0 spiro atoms. The Morgan fingerprint density at radius 2 is 1.67 bits per heavy atom. The Hall–Kier alpha value is -2.34. The van der Waals surface area contributed by atoms with Gasteiger partial charge in [-0.15, -0.1) is 0 Å². The van der Waals surface area contributed by atoms with Gasteiger partial charge in [0.1, 0.15) is 0 Å². The molecule has 24 heavy (non-hydrogen) atoms. The first-order valence-electron chi connectivity index (χ1n) is 7.80. The van der Waals surface area contributed by atoms with E-state index in [9.17, 15) is 8.42 Å². The lowest BCUT2D eigenvalue weighted by Gasteiger charge is -2.24. The van der Waals surface area contributed by atoms with Crippen molar-refractivity contribution in [1.29, 1.82) is 0 Å². The molecule has 1 unspecified atom stereocenters. The van der Waals surface area contributed by atoms with E-state index in [1.807, 2.05) is 50.2 Å². The summed E-state index contributed by atoms with van der Waals surface area (Å²) in [6.45, 7) is 1.86. The second kappa shape index (κ2) is 6.28. The number of sulfonamides is 1. The van der Waals surface area contributed by atoms with Crippen LogP contribution in [0.3, 0.4) is 0 Å². The van der Waals surface area contributed by atoms with E-state index in [1.165, 1.54) is 4.41 Å². The molecule has 1 aliphatic heterocycles. The minimum Gasteiger partial charge on any atom is -0.378 e. The third kappa shape index (κ3) is 3.01. The summed E-state index contributed by atoms with van der Waals surface area (Å²) in [5.74, 6) is 0. The van der Waals surface area contributed by atoms with Gasteiger partial charge in [-0.05, 0) is 36.8 Å². The normalized spacial score (nSPS) is 17.7. The monoisotopic (exact) mass is 343 g/mol. The van der Waals surface area contributed by atoms with Crippen molar-refractivity contribution in [2.45, 2.75) is 24.3 Å². The number of hydrogen-bond donors (Lipinski definition) is 0. The average molecular weight is 343 g/mol. The zero-order valence-corrected chi connectivity index (χ0v) is 14.9. The minimum atomic E-state index is -3.66. The minimum absolute atomic E-state index is 0.262. The molecule has 0 aliphatic carbocycles. The fourth-order valence-electron chi connectivity index (χ4n) is 2.80. The lowest BCUT2D eigenvalue weighted by molar-refractivity contribution is 0.371. The van der Waals surface area contributed by atoms with E-state index in [2.05, 4.69) is 5.10 Å². The third-order valence-corrected chi connectivity index (χ3v) is 5.80. The number of hydrazone groups is 1. The largest absolute Gasteiger partial charge is 0.378 e. The molecular weight excluding hydrogens is 322 g/mol. The summed E-state index contributed by atoms with van der Waals surface area (Å²) in [6, 6.07) is 16.1. The van der Waals surface area contributed by atoms with Gasteiger partial charge in [-0.1, -0.05) is 30.3 Å². The number of anilines is 1. The Labute approximate surface area is 143 Å². The summed E-state index contributed by atoms with van der Waals surface area (Å²) in [5.41, 5.74) is 2.84. The predicted molar refractivity (Wildman–Crippen MR) is 96.7 cm³/mol. The second-order valence-electron chi connectivity index (χ2n) is 6.13. The van der Waals surface area contributed by atoms with Crippen molar-refractivity contribution in [3.63, 3.8) is 0 Å². The van der Waals surface area contributed by atoms with Gasteiger partial charge in [0.25, 0.3) is 10.0 Å². The van der Waals surface area contributed by atoms with Gasteiger partial charge in [0.2, 0.25) is 0 Å². The molecule has 0 aromatic heterocycles. The Morgan fingerprint density at radius 1 is 1.04 bits per heavy atom. The quantitative estimate of drug-likeness (QED) is 0.856. The fraction of sp³-hybridized carbons (Fsp3) is 0.278. The van der Waals surface area contributed by atoms with Crippen LogP contribution in [0.15, 0.2) is 64.6 Å². The van der Waals surface area contributed by atoms with Gasteiger partial charge in [0.15, 0.2) is 0 Å². The Kier molecular flexibility index (Phi) is 4.32. The lowest BCUT2D eigenvalue weighted by Crippen LogP contribution is -2.27. The van der Waals surface area contributed by atoms with Crippen LogP contribution in [0.25, 0.3) is 0 Å². The van der Waals surface area contributed by atoms with Crippen LogP contribution in [0.1, 0.15) is 24.9 Å². The van der Waals surface area contributed by atoms with Gasteiger partial charge in [-0.3, -0.25) is 0 Å². The van der Waals surface area contributed by atoms with Crippen LogP contribution in [0, 0.1) is 0 Å². The summed E-state index contributed by atoms with van der Waals surface area (Å²) in [6.07, 6.45) is 0.605. The maximum atomic E-state index is 12.9. The van der Waals surface area contributed by atoms with E-state index >= 15 is 0 Å². The molecule has 2 aromatic rings. The van der Waals surface area contributed by atoms with E-state index in [-0.39, 0.29) is 10.9 Å². The van der Waals surface area contributed by atoms with Crippen LogP contribution in [0.2, 0.25) is 0 Å². The standard InChI is InChI=1S/C18H21N3O2S/c1-14-13-18(15-9-11-16(12-10-15)20(2)3)21(19-14)24(22,23)17-7-5-4-6-8-17/h4-12,18H,13H2,1-3H3. The van der Waals surface area contributed by atoms with Crippen LogP contribution < -0.4 is 4.90 Å². The molecule has 1 aliphatic rings. The summed E-state index contributed by atoms with van der Waals surface area (Å²) in [7, 11) is 0.292. The van der Waals surface area contributed by atoms with Crippen molar-refractivity contribution in [3.05, 3.63) is 60.2 Å².